The number of hydrogen-bond acceptors (Lipinski definition) is 5. The van der Waals surface area contributed by atoms with Crippen LogP contribution in [0.25, 0.3) is 16.7 Å². The molecule has 0 aliphatic heterocycles. The summed E-state index contributed by atoms with van der Waals surface area (Å²) >= 11 is 0. The molecule has 208 valence electrons. The van der Waals surface area contributed by atoms with Crippen molar-refractivity contribution >= 4 is 36.9 Å². The van der Waals surface area contributed by atoms with Crippen molar-refractivity contribution in [1.29, 1.82) is 0 Å². The Morgan fingerprint density at radius 2 is 1.27 bits per heavy atom. The quantitative estimate of drug-likeness (QED) is 0.117. The van der Waals surface area contributed by atoms with Crippen molar-refractivity contribution in [3.05, 3.63) is 23.9 Å². The molecule has 0 aliphatic carbocycles. The molecule has 3 aromatic rings. The molecule has 0 saturated heterocycles. The lowest BCUT2D eigenvalue weighted by molar-refractivity contribution is 0.480. The number of benzene rings is 1. The van der Waals surface area contributed by atoms with Gasteiger partial charge in [0.2, 0.25) is 0 Å². The zero-order valence-electron chi connectivity index (χ0n) is 21.8. The van der Waals surface area contributed by atoms with Crippen molar-refractivity contribution in [2.75, 3.05) is 0 Å². The second-order valence-electron chi connectivity index (χ2n) is 9.99. The van der Waals surface area contributed by atoms with Gasteiger partial charge in [-0.25, -0.2) is 9.50 Å². The molecule has 0 atom stereocenters. The number of unbranched alkanes of at least 4 members (excludes halogenated alkanes) is 14. The Hall–Kier alpha value is -1.95. The Bertz CT molecular complexity index is 1360. The minimum absolute atomic E-state index is 0.000877. The summed E-state index contributed by atoms with van der Waals surface area (Å²) in [5.74, 6) is 0. The summed E-state index contributed by atoms with van der Waals surface area (Å²) in [5.41, 5.74) is 1.00. The highest BCUT2D eigenvalue weighted by Gasteiger charge is 2.26. The number of fused-ring (bicyclic) bond motifs is 3. The Morgan fingerprint density at radius 1 is 0.757 bits per heavy atom. The van der Waals surface area contributed by atoms with Gasteiger partial charge in [0.25, 0.3) is 20.2 Å². The van der Waals surface area contributed by atoms with Crippen LogP contribution < -0.4 is 0 Å². The zero-order valence-corrected chi connectivity index (χ0v) is 23.4. The van der Waals surface area contributed by atoms with Gasteiger partial charge in [0.05, 0.1) is 21.6 Å². The molecular formula is C26H41N3O6S2. The van der Waals surface area contributed by atoms with Crippen molar-refractivity contribution in [3.63, 3.8) is 0 Å². The van der Waals surface area contributed by atoms with E-state index in [1.165, 1.54) is 87.3 Å². The van der Waals surface area contributed by atoms with Gasteiger partial charge in [-0.15, -0.1) is 0 Å². The Labute approximate surface area is 220 Å². The molecule has 0 fully saturated rings. The number of aromatic amines is 1. The molecule has 3 rings (SSSR count). The van der Waals surface area contributed by atoms with Gasteiger partial charge in [-0.2, -0.15) is 16.8 Å². The number of nitrogens with zero attached hydrogens (tertiary/aromatic N) is 2. The van der Waals surface area contributed by atoms with E-state index in [1.807, 2.05) is 0 Å². The molecule has 2 aromatic heterocycles. The van der Waals surface area contributed by atoms with Crippen LogP contribution in [-0.4, -0.2) is 40.5 Å². The summed E-state index contributed by atoms with van der Waals surface area (Å²) < 4.78 is 67.6. The third-order valence-electron chi connectivity index (χ3n) is 6.94. The predicted octanol–water partition coefficient (Wildman–Crippen LogP) is 6.72. The predicted molar refractivity (Wildman–Crippen MR) is 145 cm³/mol. The maximum Gasteiger partial charge on any atom is 0.300 e. The molecule has 0 radical (unpaired) electrons. The van der Waals surface area contributed by atoms with E-state index in [4.69, 9.17) is 0 Å². The lowest BCUT2D eigenvalue weighted by Crippen LogP contribution is -2.02. The summed E-state index contributed by atoms with van der Waals surface area (Å²) in [6.45, 7) is 2.25. The first-order chi connectivity index (χ1) is 17.6. The molecule has 0 spiro atoms. The van der Waals surface area contributed by atoms with E-state index in [9.17, 15) is 25.9 Å². The molecule has 2 heterocycles. The van der Waals surface area contributed by atoms with Crippen LogP contribution in [0.3, 0.4) is 0 Å². The standard InChI is InChI=1S/C26H41N3O6S2/c1-2-3-4-5-6-7-8-9-10-11-12-13-14-15-16-17-22-25(37(33,34)35)26-27-23-20-21(36(30,31)32)18-19-24(23)29(26)28-22/h18-20,28H,2-17H2,1H3,(H,30,31,32)(H,33,34,35). The molecule has 9 nitrogen and oxygen atoms in total. The van der Waals surface area contributed by atoms with Gasteiger partial charge in [0.15, 0.2) is 10.5 Å². The average Bonchev–Trinajstić information content (AvgIpc) is 3.35. The average molecular weight is 556 g/mol. The number of hydrogen-bond donors (Lipinski definition) is 3. The Balaban J connectivity index is 1.44. The summed E-state index contributed by atoms with van der Waals surface area (Å²) in [6, 6.07) is 3.81. The first-order valence-electron chi connectivity index (χ1n) is 13.6. The smallest absolute Gasteiger partial charge is 0.295 e. The second-order valence-corrected chi connectivity index (χ2v) is 12.8. The van der Waals surface area contributed by atoms with Gasteiger partial charge < -0.3 is 0 Å². The molecule has 0 aliphatic rings. The second kappa shape index (κ2) is 13.7. The number of nitrogens with one attached hydrogen (secondary N) is 1. The van der Waals surface area contributed by atoms with Gasteiger partial charge in [-0.3, -0.25) is 14.2 Å². The molecule has 37 heavy (non-hydrogen) atoms. The van der Waals surface area contributed by atoms with E-state index in [1.54, 1.807) is 0 Å². The van der Waals surface area contributed by atoms with Crippen molar-refractivity contribution in [1.82, 2.24) is 14.6 Å². The van der Waals surface area contributed by atoms with Crippen LogP contribution in [0.1, 0.15) is 109 Å². The molecule has 0 saturated carbocycles. The van der Waals surface area contributed by atoms with E-state index >= 15 is 0 Å². The van der Waals surface area contributed by atoms with E-state index in [0.29, 0.717) is 17.6 Å². The van der Waals surface area contributed by atoms with Crippen LogP contribution in [0.4, 0.5) is 0 Å². The monoisotopic (exact) mass is 555 g/mol. The first kappa shape index (κ1) is 29.6. The van der Waals surface area contributed by atoms with Gasteiger partial charge >= 0.3 is 0 Å². The number of imidazole rings is 1. The van der Waals surface area contributed by atoms with E-state index < -0.39 is 20.2 Å². The van der Waals surface area contributed by atoms with E-state index in [0.717, 1.165) is 31.7 Å². The van der Waals surface area contributed by atoms with Crippen molar-refractivity contribution in [2.45, 2.75) is 119 Å². The van der Waals surface area contributed by atoms with Crippen LogP contribution >= 0.6 is 0 Å². The fourth-order valence-corrected chi connectivity index (χ4v) is 6.25. The van der Waals surface area contributed by atoms with E-state index in [2.05, 4.69) is 17.0 Å². The fraction of sp³-hybridized carbons (Fsp3) is 0.654. The van der Waals surface area contributed by atoms with Gasteiger partial charge in [0, 0.05) is 0 Å². The normalized spacial score (nSPS) is 12.7. The molecule has 0 bridgehead atoms. The lowest BCUT2D eigenvalue weighted by Gasteiger charge is -2.04. The van der Waals surface area contributed by atoms with Crippen LogP contribution in [0.5, 0.6) is 0 Å². The summed E-state index contributed by atoms with van der Waals surface area (Å²) in [4.78, 5) is 3.58. The number of aryl methyl sites for hydroxylation is 1. The maximum atomic E-state index is 12.1. The van der Waals surface area contributed by atoms with Crippen molar-refractivity contribution in [2.24, 2.45) is 0 Å². The SMILES string of the molecule is CCCCCCCCCCCCCCCCCc1[nH]n2c(nc3cc(S(=O)(=O)O)ccc32)c1S(=O)(=O)O. The van der Waals surface area contributed by atoms with Gasteiger partial charge in [-0.1, -0.05) is 96.8 Å². The highest BCUT2D eigenvalue weighted by atomic mass is 32.2. The fourth-order valence-electron chi connectivity index (χ4n) is 4.92. The Kier molecular flexibility index (Phi) is 11.0. The van der Waals surface area contributed by atoms with Crippen LogP contribution in [0, 0.1) is 0 Å². The summed E-state index contributed by atoms with van der Waals surface area (Å²) in [6.07, 6.45) is 19.0. The minimum Gasteiger partial charge on any atom is -0.295 e. The van der Waals surface area contributed by atoms with Crippen molar-refractivity contribution in [3.8, 4) is 0 Å². The number of rotatable bonds is 18. The summed E-state index contributed by atoms with van der Waals surface area (Å²) in [5, 5.41) is 3.00. The van der Waals surface area contributed by atoms with Gasteiger partial charge in [-0.05, 0) is 31.0 Å². The van der Waals surface area contributed by atoms with Crippen molar-refractivity contribution < 1.29 is 25.9 Å². The largest absolute Gasteiger partial charge is 0.300 e. The minimum atomic E-state index is -4.56. The highest BCUT2D eigenvalue weighted by Crippen LogP contribution is 2.28. The summed E-state index contributed by atoms with van der Waals surface area (Å²) in [7, 11) is -8.98. The third-order valence-corrected chi connectivity index (χ3v) is 8.73. The first-order valence-corrected chi connectivity index (χ1v) is 16.5. The molecular weight excluding hydrogens is 514 g/mol. The molecule has 1 aromatic carbocycles. The Morgan fingerprint density at radius 3 is 1.76 bits per heavy atom. The zero-order chi connectivity index (χ0) is 26.9. The topological polar surface area (TPSA) is 142 Å². The highest BCUT2D eigenvalue weighted by molar-refractivity contribution is 7.86. The molecule has 0 amide bonds. The van der Waals surface area contributed by atoms with Crippen LogP contribution in [0.15, 0.2) is 28.0 Å². The van der Waals surface area contributed by atoms with E-state index in [-0.39, 0.29) is 21.0 Å². The van der Waals surface area contributed by atoms with Crippen LogP contribution in [-0.2, 0) is 26.7 Å². The van der Waals surface area contributed by atoms with Crippen LogP contribution in [0.2, 0.25) is 0 Å². The van der Waals surface area contributed by atoms with Gasteiger partial charge in [0.1, 0.15) is 0 Å². The number of H-pyrrole nitrogens is 1. The maximum absolute atomic E-state index is 12.1. The molecule has 0 unspecified atom stereocenters. The lowest BCUT2D eigenvalue weighted by atomic mass is 10.0. The number of aromatic nitrogens is 3. The molecule has 3 N–H and O–H groups in total. The third kappa shape index (κ3) is 8.53. The molecule has 11 heteroatoms.